The summed E-state index contributed by atoms with van der Waals surface area (Å²) in [4.78, 5) is 7.93. The molecule has 1 aromatic rings. The summed E-state index contributed by atoms with van der Waals surface area (Å²) in [6, 6.07) is 0. The molecule has 0 aliphatic carbocycles. The molecule has 0 unspecified atom stereocenters. The van der Waals surface area contributed by atoms with Gasteiger partial charge in [0.2, 0.25) is 0 Å². The first-order valence-corrected chi connectivity index (χ1v) is 5.46. The van der Waals surface area contributed by atoms with Crippen LogP contribution in [-0.2, 0) is 10.8 Å². The third kappa shape index (κ3) is 1.92. The highest BCUT2D eigenvalue weighted by Crippen LogP contribution is 2.12. The second kappa shape index (κ2) is 3.93. The summed E-state index contributed by atoms with van der Waals surface area (Å²) in [5.41, 5.74) is 0. The van der Waals surface area contributed by atoms with E-state index in [1.807, 2.05) is 0 Å². The maximum absolute atomic E-state index is 11.8. The summed E-state index contributed by atoms with van der Waals surface area (Å²) in [5, 5.41) is 3.98. The van der Waals surface area contributed by atoms with Crippen LogP contribution in [0.1, 0.15) is 6.42 Å². The molecule has 0 aromatic carbocycles. The fourth-order valence-corrected chi connectivity index (χ4v) is 2.64. The molecule has 0 amide bonds. The molecule has 1 saturated heterocycles. The van der Waals surface area contributed by atoms with Gasteiger partial charge in [-0.3, -0.25) is 9.19 Å². The minimum Gasteiger partial charge on any atom is -0.315 e. The second-order valence-corrected chi connectivity index (χ2v) is 4.64. The van der Waals surface area contributed by atoms with E-state index in [1.54, 1.807) is 18.6 Å². The molecule has 1 aromatic heterocycles. The predicted octanol–water partition coefficient (Wildman–Crippen LogP) is -0.0539. The Morgan fingerprint density at radius 1 is 1.54 bits per heavy atom. The number of nitrogens with zero attached hydrogens (tertiary/aromatic N) is 2. The lowest BCUT2D eigenvalue weighted by atomic mass is 10.4. The van der Waals surface area contributed by atoms with Crippen LogP contribution in [0.25, 0.3) is 0 Å². The molecule has 2 atom stereocenters. The molecule has 4 nitrogen and oxygen atoms in total. The molecular weight excluding hydrogens is 186 g/mol. The first kappa shape index (κ1) is 8.77. The molecule has 5 heteroatoms. The highest BCUT2D eigenvalue weighted by Gasteiger charge is 2.22. The Morgan fingerprint density at radius 2 is 2.46 bits per heavy atom. The first-order valence-electron chi connectivity index (χ1n) is 4.25. The number of rotatable bonds is 2. The fraction of sp³-hybridized carbons (Fsp3) is 0.500. The highest BCUT2D eigenvalue weighted by molar-refractivity contribution is 7.85. The van der Waals surface area contributed by atoms with Crippen molar-refractivity contribution in [1.29, 1.82) is 0 Å². The average Bonchev–Trinajstić information content (AvgIpc) is 2.71. The standard InChI is InChI=1S/C8H11N3OS/c12-13(7-1-2-9-5-7)8-6-10-3-4-11-8/h3-4,6-7,9H,1-2,5H2/t7-,13+/m1/s1. The quantitative estimate of drug-likeness (QED) is 0.722. The van der Waals surface area contributed by atoms with Gasteiger partial charge in [-0.25, -0.2) is 4.98 Å². The lowest BCUT2D eigenvalue weighted by Crippen LogP contribution is -2.19. The van der Waals surface area contributed by atoms with E-state index in [0.29, 0.717) is 5.03 Å². The molecule has 0 bridgehead atoms. The van der Waals surface area contributed by atoms with Crippen LogP contribution in [0.5, 0.6) is 0 Å². The van der Waals surface area contributed by atoms with Gasteiger partial charge < -0.3 is 5.32 Å². The lowest BCUT2D eigenvalue weighted by molar-refractivity contribution is 0.668. The van der Waals surface area contributed by atoms with Crippen LogP contribution >= 0.6 is 0 Å². The van der Waals surface area contributed by atoms with E-state index in [1.165, 1.54) is 0 Å². The maximum atomic E-state index is 11.8. The van der Waals surface area contributed by atoms with E-state index in [0.717, 1.165) is 19.5 Å². The van der Waals surface area contributed by atoms with Gasteiger partial charge in [-0.1, -0.05) is 0 Å². The van der Waals surface area contributed by atoms with E-state index in [2.05, 4.69) is 15.3 Å². The number of nitrogens with one attached hydrogen (secondary N) is 1. The van der Waals surface area contributed by atoms with Crippen LogP contribution in [0.3, 0.4) is 0 Å². The maximum Gasteiger partial charge on any atom is 0.145 e. The molecule has 1 aliphatic rings. The van der Waals surface area contributed by atoms with Gasteiger partial charge in [-0.05, 0) is 13.0 Å². The van der Waals surface area contributed by atoms with Gasteiger partial charge in [0, 0.05) is 18.9 Å². The minimum atomic E-state index is -0.995. The van der Waals surface area contributed by atoms with Crippen molar-refractivity contribution in [3.63, 3.8) is 0 Å². The summed E-state index contributed by atoms with van der Waals surface area (Å²) < 4.78 is 11.8. The lowest BCUT2D eigenvalue weighted by Gasteiger charge is -2.05. The molecule has 0 radical (unpaired) electrons. The van der Waals surface area contributed by atoms with Crippen molar-refractivity contribution in [2.24, 2.45) is 0 Å². The van der Waals surface area contributed by atoms with E-state index in [4.69, 9.17) is 0 Å². The van der Waals surface area contributed by atoms with Crippen LogP contribution in [0, 0.1) is 0 Å². The molecule has 2 rings (SSSR count). The normalized spacial score (nSPS) is 24.5. The van der Waals surface area contributed by atoms with Gasteiger partial charge in [-0.15, -0.1) is 0 Å². The van der Waals surface area contributed by atoms with Crippen LogP contribution in [-0.4, -0.2) is 32.5 Å². The molecular formula is C8H11N3OS. The molecule has 2 heterocycles. The smallest absolute Gasteiger partial charge is 0.145 e. The Morgan fingerprint density at radius 3 is 3.08 bits per heavy atom. The van der Waals surface area contributed by atoms with Crippen molar-refractivity contribution in [2.45, 2.75) is 16.7 Å². The van der Waals surface area contributed by atoms with E-state index >= 15 is 0 Å². The highest BCUT2D eigenvalue weighted by atomic mass is 32.2. The molecule has 0 saturated carbocycles. The van der Waals surface area contributed by atoms with Crippen LogP contribution in [0.15, 0.2) is 23.6 Å². The van der Waals surface area contributed by atoms with Gasteiger partial charge >= 0.3 is 0 Å². The van der Waals surface area contributed by atoms with Gasteiger partial charge in [-0.2, -0.15) is 0 Å². The number of aromatic nitrogens is 2. The third-order valence-electron chi connectivity index (χ3n) is 2.06. The van der Waals surface area contributed by atoms with Gasteiger partial charge in [0.05, 0.1) is 22.2 Å². The zero-order chi connectivity index (χ0) is 9.10. The van der Waals surface area contributed by atoms with E-state index in [-0.39, 0.29) is 5.25 Å². The predicted molar refractivity (Wildman–Crippen MR) is 49.7 cm³/mol. The van der Waals surface area contributed by atoms with Crippen molar-refractivity contribution >= 4 is 10.8 Å². The minimum absolute atomic E-state index is 0.205. The summed E-state index contributed by atoms with van der Waals surface area (Å²) >= 11 is 0. The van der Waals surface area contributed by atoms with Crippen molar-refractivity contribution in [2.75, 3.05) is 13.1 Å². The third-order valence-corrected chi connectivity index (χ3v) is 3.69. The van der Waals surface area contributed by atoms with Crippen molar-refractivity contribution < 1.29 is 4.21 Å². The van der Waals surface area contributed by atoms with Crippen LogP contribution in [0.4, 0.5) is 0 Å². The van der Waals surface area contributed by atoms with E-state index < -0.39 is 10.8 Å². The zero-order valence-corrected chi connectivity index (χ0v) is 7.96. The monoisotopic (exact) mass is 197 g/mol. The summed E-state index contributed by atoms with van der Waals surface area (Å²) in [7, 11) is -0.995. The van der Waals surface area contributed by atoms with Crippen molar-refractivity contribution in [3.8, 4) is 0 Å². The van der Waals surface area contributed by atoms with Gasteiger partial charge in [0.15, 0.2) is 0 Å². The Kier molecular flexibility index (Phi) is 2.65. The summed E-state index contributed by atoms with van der Waals surface area (Å²) in [6.45, 7) is 1.78. The number of hydrogen-bond donors (Lipinski definition) is 1. The van der Waals surface area contributed by atoms with Gasteiger partial charge in [0.1, 0.15) is 5.03 Å². The van der Waals surface area contributed by atoms with Crippen molar-refractivity contribution in [3.05, 3.63) is 18.6 Å². The SMILES string of the molecule is O=[S@](c1cnccn1)[C@@H]1CCNC1. The summed E-state index contributed by atoms with van der Waals surface area (Å²) in [5.74, 6) is 0. The average molecular weight is 197 g/mol. The Balaban J connectivity index is 2.13. The van der Waals surface area contributed by atoms with Gasteiger partial charge in [0.25, 0.3) is 0 Å². The van der Waals surface area contributed by atoms with Crippen LogP contribution in [0.2, 0.25) is 0 Å². The Hall–Kier alpha value is -0.810. The Labute approximate surface area is 79.2 Å². The fourth-order valence-electron chi connectivity index (χ4n) is 1.37. The molecule has 1 fully saturated rings. The zero-order valence-electron chi connectivity index (χ0n) is 7.14. The largest absolute Gasteiger partial charge is 0.315 e. The Bertz CT molecular complexity index is 298. The summed E-state index contributed by atoms with van der Waals surface area (Å²) in [6.07, 6.45) is 5.71. The number of hydrogen-bond acceptors (Lipinski definition) is 4. The molecule has 1 N–H and O–H groups in total. The molecule has 0 spiro atoms. The van der Waals surface area contributed by atoms with Crippen LogP contribution < -0.4 is 5.32 Å². The topological polar surface area (TPSA) is 54.9 Å². The van der Waals surface area contributed by atoms with E-state index in [9.17, 15) is 4.21 Å². The van der Waals surface area contributed by atoms with Crippen molar-refractivity contribution in [1.82, 2.24) is 15.3 Å². The molecule has 1 aliphatic heterocycles. The first-order chi connectivity index (χ1) is 6.38. The molecule has 13 heavy (non-hydrogen) atoms. The molecule has 70 valence electrons. The second-order valence-electron chi connectivity index (χ2n) is 2.96.